The second kappa shape index (κ2) is 3.23. The van der Waals surface area contributed by atoms with Crippen molar-refractivity contribution in [3.8, 4) is 5.88 Å². The van der Waals surface area contributed by atoms with Crippen molar-refractivity contribution in [3.63, 3.8) is 0 Å². The van der Waals surface area contributed by atoms with Gasteiger partial charge in [-0.25, -0.2) is 0 Å². The van der Waals surface area contributed by atoms with E-state index in [-0.39, 0.29) is 0 Å². The summed E-state index contributed by atoms with van der Waals surface area (Å²) in [6.45, 7) is 0. The van der Waals surface area contributed by atoms with E-state index in [1.165, 1.54) is 36.9 Å². The molecule has 1 fully saturated rings. The second-order valence-electron chi connectivity index (χ2n) is 4.18. The van der Waals surface area contributed by atoms with Gasteiger partial charge >= 0.3 is 0 Å². The van der Waals surface area contributed by atoms with Crippen LogP contribution in [0.4, 0.5) is 0 Å². The van der Waals surface area contributed by atoms with Crippen LogP contribution in [0.5, 0.6) is 5.88 Å². The molecule has 1 aromatic heterocycles. The maximum absolute atomic E-state index is 5.70. The average molecular weight is 190 g/mol. The first-order valence-electron chi connectivity index (χ1n) is 5.44. The zero-order valence-electron chi connectivity index (χ0n) is 8.20. The molecule has 0 saturated heterocycles. The lowest BCUT2D eigenvalue weighted by Gasteiger charge is -2.25. The summed E-state index contributed by atoms with van der Waals surface area (Å²) in [6.07, 6.45) is 7.51. The largest absolute Gasteiger partial charge is 0.473 e. The Morgan fingerprint density at radius 3 is 2.86 bits per heavy atom. The minimum Gasteiger partial charge on any atom is -0.473 e. The fourth-order valence-electron chi connectivity index (χ4n) is 2.03. The minimum atomic E-state index is 0.406. The number of aryl methyl sites for hydroxylation is 2. The zero-order chi connectivity index (χ0) is 9.38. The van der Waals surface area contributed by atoms with E-state index in [9.17, 15) is 0 Å². The summed E-state index contributed by atoms with van der Waals surface area (Å²) in [5.74, 6) is 0.732. The van der Waals surface area contributed by atoms with Crippen LogP contribution in [0.3, 0.4) is 0 Å². The lowest BCUT2D eigenvalue weighted by atomic mass is 9.96. The lowest BCUT2D eigenvalue weighted by Crippen LogP contribution is -2.25. The molecule has 3 nitrogen and oxygen atoms in total. The van der Waals surface area contributed by atoms with Crippen LogP contribution < -0.4 is 4.74 Å². The van der Waals surface area contributed by atoms with Gasteiger partial charge in [0.1, 0.15) is 6.10 Å². The molecule has 0 unspecified atom stereocenters. The van der Waals surface area contributed by atoms with Crippen LogP contribution in [-0.4, -0.2) is 16.3 Å². The van der Waals surface area contributed by atoms with E-state index in [1.807, 2.05) is 0 Å². The van der Waals surface area contributed by atoms with Crippen LogP contribution in [-0.2, 0) is 12.8 Å². The molecular weight excluding hydrogens is 176 g/mol. The van der Waals surface area contributed by atoms with Crippen LogP contribution >= 0.6 is 0 Å². The fraction of sp³-hybridized carbons (Fsp3) is 0.636. The molecule has 1 heterocycles. The first-order chi connectivity index (χ1) is 6.92. The quantitative estimate of drug-likeness (QED) is 0.714. The Labute approximate surface area is 83.5 Å². The molecule has 1 saturated carbocycles. The predicted octanol–water partition coefficient (Wildman–Crippen LogP) is 1.90. The highest BCUT2D eigenvalue weighted by Crippen LogP contribution is 2.26. The van der Waals surface area contributed by atoms with Gasteiger partial charge in [-0.2, -0.15) is 5.10 Å². The molecule has 3 heteroatoms. The van der Waals surface area contributed by atoms with Crippen LogP contribution in [0.2, 0.25) is 0 Å². The molecule has 3 rings (SSSR count). The maximum atomic E-state index is 5.70. The number of rotatable bonds is 2. The van der Waals surface area contributed by atoms with E-state index < -0.39 is 0 Å². The zero-order valence-corrected chi connectivity index (χ0v) is 8.20. The summed E-state index contributed by atoms with van der Waals surface area (Å²) >= 11 is 0. The highest BCUT2D eigenvalue weighted by atomic mass is 16.5. The topological polar surface area (TPSA) is 35.0 Å². The van der Waals surface area contributed by atoms with Gasteiger partial charge in [-0.05, 0) is 44.1 Å². The van der Waals surface area contributed by atoms with Gasteiger partial charge in [-0.3, -0.25) is 0 Å². The van der Waals surface area contributed by atoms with E-state index >= 15 is 0 Å². The Bertz CT molecular complexity index is 347. The summed E-state index contributed by atoms with van der Waals surface area (Å²) in [4.78, 5) is 0. The number of hydrogen-bond donors (Lipinski definition) is 0. The van der Waals surface area contributed by atoms with Crippen LogP contribution in [0, 0.1) is 0 Å². The predicted molar refractivity (Wildman–Crippen MR) is 52.3 cm³/mol. The summed E-state index contributed by atoms with van der Waals surface area (Å²) in [7, 11) is 0. The van der Waals surface area contributed by atoms with Crippen LogP contribution in [0.1, 0.15) is 36.9 Å². The molecule has 0 amide bonds. The standard InChI is InChI=1S/C11H14N2O/c1-3-8-7-11(13-12-10(8)6-1)14-9-4-2-5-9/h7,9H,1-6H2. The van der Waals surface area contributed by atoms with Crippen molar-refractivity contribution in [2.24, 2.45) is 0 Å². The summed E-state index contributed by atoms with van der Waals surface area (Å²) in [5.41, 5.74) is 2.51. The summed E-state index contributed by atoms with van der Waals surface area (Å²) in [6, 6.07) is 2.08. The van der Waals surface area contributed by atoms with Crippen LogP contribution in [0.25, 0.3) is 0 Å². The van der Waals surface area contributed by atoms with E-state index in [2.05, 4.69) is 16.3 Å². The van der Waals surface area contributed by atoms with Gasteiger partial charge in [0.2, 0.25) is 5.88 Å². The van der Waals surface area contributed by atoms with Crippen molar-refractivity contribution >= 4 is 0 Å². The number of ether oxygens (including phenoxy) is 1. The van der Waals surface area contributed by atoms with Gasteiger partial charge in [-0.1, -0.05) is 0 Å². The SMILES string of the molecule is c1c(OC2CCC2)nnc2c1CCC2. The minimum absolute atomic E-state index is 0.406. The van der Waals surface area contributed by atoms with Crippen molar-refractivity contribution in [1.29, 1.82) is 0 Å². The van der Waals surface area contributed by atoms with Gasteiger partial charge in [0.15, 0.2) is 0 Å². The normalized spacial score (nSPS) is 20.3. The van der Waals surface area contributed by atoms with Crippen molar-refractivity contribution in [2.75, 3.05) is 0 Å². The molecule has 0 aromatic carbocycles. The Kier molecular flexibility index (Phi) is 1.89. The second-order valence-corrected chi connectivity index (χ2v) is 4.18. The van der Waals surface area contributed by atoms with E-state index in [0.717, 1.165) is 18.7 Å². The van der Waals surface area contributed by atoms with Gasteiger partial charge in [0, 0.05) is 6.07 Å². The molecule has 0 N–H and O–H groups in total. The third kappa shape index (κ3) is 1.37. The number of hydrogen-bond acceptors (Lipinski definition) is 3. The number of fused-ring (bicyclic) bond motifs is 1. The molecule has 14 heavy (non-hydrogen) atoms. The molecule has 74 valence electrons. The van der Waals surface area contributed by atoms with Crippen molar-refractivity contribution in [2.45, 2.75) is 44.6 Å². The molecule has 0 spiro atoms. The average Bonchev–Trinajstić information content (AvgIpc) is 2.58. The molecule has 0 aliphatic heterocycles. The fourth-order valence-corrected chi connectivity index (χ4v) is 2.03. The number of aromatic nitrogens is 2. The lowest BCUT2D eigenvalue weighted by molar-refractivity contribution is 0.113. The van der Waals surface area contributed by atoms with Gasteiger partial charge in [0.05, 0.1) is 5.69 Å². The molecule has 1 aromatic rings. The Morgan fingerprint density at radius 2 is 2.07 bits per heavy atom. The van der Waals surface area contributed by atoms with Crippen LogP contribution in [0.15, 0.2) is 6.07 Å². The Balaban J connectivity index is 1.78. The monoisotopic (exact) mass is 190 g/mol. The highest BCUT2D eigenvalue weighted by Gasteiger charge is 2.21. The summed E-state index contributed by atoms with van der Waals surface area (Å²) < 4.78 is 5.70. The smallest absolute Gasteiger partial charge is 0.233 e. The van der Waals surface area contributed by atoms with E-state index in [0.29, 0.717) is 6.10 Å². The Hall–Kier alpha value is -1.12. The third-order valence-corrected chi connectivity index (χ3v) is 3.14. The third-order valence-electron chi connectivity index (χ3n) is 3.14. The first kappa shape index (κ1) is 8.21. The first-order valence-corrected chi connectivity index (χ1v) is 5.44. The van der Waals surface area contributed by atoms with Gasteiger partial charge < -0.3 is 4.74 Å². The van der Waals surface area contributed by atoms with Crippen molar-refractivity contribution < 1.29 is 4.74 Å². The molecule has 0 atom stereocenters. The van der Waals surface area contributed by atoms with Gasteiger partial charge in [-0.15, -0.1) is 5.10 Å². The molecule has 0 bridgehead atoms. The molecule has 2 aliphatic rings. The van der Waals surface area contributed by atoms with E-state index in [4.69, 9.17) is 4.74 Å². The number of nitrogens with zero attached hydrogens (tertiary/aromatic N) is 2. The molecule has 0 radical (unpaired) electrons. The summed E-state index contributed by atoms with van der Waals surface area (Å²) in [5, 5.41) is 8.30. The molecular formula is C11H14N2O. The maximum Gasteiger partial charge on any atom is 0.233 e. The molecule has 2 aliphatic carbocycles. The van der Waals surface area contributed by atoms with E-state index in [1.54, 1.807) is 0 Å². The highest BCUT2D eigenvalue weighted by molar-refractivity contribution is 5.28. The Morgan fingerprint density at radius 1 is 1.14 bits per heavy atom. The van der Waals surface area contributed by atoms with Crippen molar-refractivity contribution in [1.82, 2.24) is 10.2 Å². The van der Waals surface area contributed by atoms with Gasteiger partial charge in [0.25, 0.3) is 0 Å². The van der Waals surface area contributed by atoms with Crippen molar-refractivity contribution in [3.05, 3.63) is 17.3 Å².